The van der Waals surface area contributed by atoms with Gasteiger partial charge in [0.15, 0.2) is 0 Å². The highest BCUT2D eigenvalue weighted by atomic mass is 32.3. The van der Waals surface area contributed by atoms with E-state index >= 15 is 0 Å². The summed E-state index contributed by atoms with van der Waals surface area (Å²) in [6.45, 7) is 14.0. The number of nitrogens with zero attached hydrogens (tertiary/aromatic N) is 1. The minimum atomic E-state index is -3.23. The molecule has 1 aromatic carbocycles. The Morgan fingerprint density at radius 2 is 1.66 bits per heavy atom. The summed E-state index contributed by atoms with van der Waals surface area (Å²) in [6.07, 6.45) is 0. The van der Waals surface area contributed by atoms with Crippen LogP contribution in [0.25, 0.3) is 0 Å². The second-order valence-electron chi connectivity index (χ2n) is 9.96. The molecule has 6 nitrogen and oxygen atoms in total. The lowest BCUT2D eigenvalue weighted by Gasteiger charge is -2.47. The van der Waals surface area contributed by atoms with Gasteiger partial charge < -0.3 is 14.6 Å². The van der Waals surface area contributed by atoms with Crippen LogP contribution in [-0.2, 0) is 32.0 Å². The number of thiophene rings is 1. The van der Waals surface area contributed by atoms with E-state index < -0.39 is 24.1 Å². The van der Waals surface area contributed by atoms with Gasteiger partial charge in [0.1, 0.15) is 13.8 Å². The van der Waals surface area contributed by atoms with E-state index in [4.69, 9.17) is 14.6 Å². The highest BCUT2D eigenvalue weighted by molar-refractivity contribution is 8.01. The second-order valence-corrected chi connectivity index (χ2v) is 19.3. The van der Waals surface area contributed by atoms with Gasteiger partial charge in [0.05, 0.1) is 30.6 Å². The predicted octanol–water partition coefficient (Wildman–Crippen LogP) is 4.29. The van der Waals surface area contributed by atoms with Crippen LogP contribution in [-0.4, -0.2) is 48.4 Å². The average Bonchev–Trinajstić information content (AvgIpc) is 3.22. The van der Waals surface area contributed by atoms with Crippen molar-refractivity contribution in [3.05, 3.63) is 52.9 Å². The van der Waals surface area contributed by atoms with Crippen molar-refractivity contribution in [2.75, 3.05) is 26.9 Å². The third kappa shape index (κ3) is 6.57. The first-order chi connectivity index (χ1) is 14.7. The van der Waals surface area contributed by atoms with Crippen molar-refractivity contribution in [3.8, 4) is 0 Å². The average molecular weight is 501 g/mol. The zero-order chi connectivity index (χ0) is 24.2. The molecule has 0 saturated heterocycles. The summed E-state index contributed by atoms with van der Waals surface area (Å²) in [7, 11) is -3.43. The Hall–Kier alpha value is -0.913. The molecule has 1 atom stereocenters. The van der Waals surface area contributed by atoms with Gasteiger partial charge in [-0.2, -0.15) is 0 Å². The Bertz CT molecular complexity index is 910. The molecule has 3 N–H and O–H groups in total. The molecule has 0 fully saturated rings. The van der Waals surface area contributed by atoms with E-state index in [2.05, 4.69) is 33.9 Å². The lowest BCUT2D eigenvalue weighted by Crippen LogP contribution is -2.59. The van der Waals surface area contributed by atoms with Crippen molar-refractivity contribution < 1.29 is 18.8 Å². The molecular formula is C23H40N2O4S2Si. The number of ether oxygens (including phenoxy) is 2. The third-order valence-corrected chi connectivity index (χ3v) is 17.9. The van der Waals surface area contributed by atoms with E-state index in [0.717, 1.165) is 5.56 Å². The summed E-state index contributed by atoms with van der Waals surface area (Å²) in [6, 6.07) is 13.5. The van der Waals surface area contributed by atoms with E-state index in [-0.39, 0.29) is 11.6 Å². The fourth-order valence-corrected chi connectivity index (χ4v) is 10.9. The zero-order valence-corrected chi connectivity index (χ0v) is 23.1. The summed E-state index contributed by atoms with van der Waals surface area (Å²) >= 11 is 1.30. The van der Waals surface area contributed by atoms with Crippen molar-refractivity contribution in [3.63, 3.8) is 0 Å². The van der Waals surface area contributed by atoms with Gasteiger partial charge in [0, 0.05) is 15.2 Å². The Morgan fingerprint density at radius 1 is 1.06 bits per heavy atom. The minimum absolute atomic E-state index is 0.0127. The molecule has 1 heterocycles. The molecule has 0 radical (unpaired) electrons. The molecule has 0 unspecified atom stereocenters. The lowest BCUT2D eigenvalue weighted by molar-refractivity contribution is -0.0508. The summed E-state index contributed by atoms with van der Waals surface area (Å²) in [4.78, 5) is 0.687. The molecule has 9 heteroatoms. The first-order valence-corrected chi connectivity index (χ1v) is 16.3. The molecule has 0 saturated carbocycles. The molecule has 0 spiro atoms. The van der Waals surface area contributed by atoms with Crippen LogP contribution in [0.15, 0.2) is 46.7 Å². The molecule has 1 aromatic heterocycles. The van der Waals surface area contributed by atoms with E-state index in [9.17, 15) is 9.32 Å². The van der Waals surface area contributed by atoms with Gasteiger partial charge in [-0.1, -0.05) is 64.2 Å². The van der Waals surface area contributed by atoms with Gasteiger partial charge in [-0.3, -0.25) is 13.3 Å². The van der Waals surface area contributed by atoms with Crippen LogP contribution in [0, 0.1) is 0 Å². The molecule has 0 aliphatic carbocycles. The maximum atomic E-state index is 13.6. The molecule has 0 aliphatic rings. The monoisotopic (exact) mass is 500 g/mol. The summed E-state index contributed by atoms with van der Waals surface area (Å²) < 4.78 is 27.4. The Balaban J connectivity index is 1.93. The fourth-order valence-electron chi connectivity index (χ4n) is 3.02. The Morgan fingerprint density at radius 3 is 2.25 bits per heavy atom. The number of hydrogen-bond donors (Lipinski definition) is 3. The maximum absolute atomic E-state index is 13.6. The van der Waals surface area contributed by atoms with Gasteiger partial charge in [-0.15, -0.1) is 11.3 Å². The standard InChI is InChI=1S/C23H40N2O4S2Si/c1-22(2,3)32(6,7)25(5)31(24,27)21-14-13-20(30-21)23(4,26)18-29-16-15-28-17-19-11-9-8-10-12-19/h8-14,26,31H,15-18H2,1-7H3,(H2,24,27)/t23-/m0/s1. The van der Waals surface area contributed by atoms with E-state index in [1.54, 1.807) is 19.1 Å². The van der Waals surface area contributed by atoms with Crippen molar-refractivity contribution in [1.29, 1.82) is 0 Å². The number of hydrogen-bond acceptors (Lipinski definition) is 5. The van der Waals surface area contributed by atoms with E-state index in [0.29, 0.717) is 28.9 Å². The zero-order valence-electron chi connectivity index (χ0n) is 20.4. The molecule has 0 bridgehead atoms. The smallest absolute Gasteiger partial charge is 0.141 e. The number of thiol groups is 1. The molecule has 32 heavy (non-hydrogen) atoms. The molecular weight excluding hydrogens is 460 g/mol. The van der Waals surface area contributed by atoms with Crippen LogP contribution in [0.1, 0.15) is 38.1 Å². The van der Waals surface area contributed by atoms with Crippen LogP contribution < -0.4 is 5.14 Å². The summed E-state index contributed by atoms with van der Waals surface area (Å²) in [5.74, 6) is 0. The van der Waals surface area contributed by atoms with Crippen LogP contribution in [0.2, 0.25) is 18.1 Å². The van der Waals surface area contributed by atoms with Crippen LogP contribution >= 0.6 is 11.3 Å². The van der Waals surface area contributed by atoms with E-state index in [1.807, 2.05) is 41.4 Å². The van der Waals surface area contributed by atoms with Crippen molar-refractivity contribution in [1.82, 2.24) is 3.97 Å². The van der Waals surface area contributed by atoms with Gasteiger partial charge in [0.2, 0.25) is 0 Å². The number of rotatable bonds is 11. The number of benzene rings is 1. The third-order valence-electron chi connectivity index (χ3n) is 6.40. The van der Waals surface area contributed by atoms with Gasteiger partial charge >= 0.3 is 0 Å². The molecule has 2 rings (SSSR count). The maximum Gasteiger partial charge on any atom is 0.141 e. The lowest BCUT2D eigenvalue weighted by atomic mass is 10.1. The summed E-state index contributed by atoms with van der Waals surface area (Å²) in [5, 5.41) is 17.4. The predicted molar refractivity (Wildman–Crippen MR) is 138 cm³/mol. The highest BCUT2D eigenvalue weighted by Crippen LogP contribution is 2.42. The highest BCUT2D eigenvalue weighted by Gasteiger charge is 2.44. The molecule has 0 amide bonds. The first kappa shape index (κ1) is 27.3. The van der Waals surface area contributed by atoms with Crippen molar-refractivity contribution >= 4 is 29.9 Å². The molecule has 2 aromatic rings. The topological polar surface area (TPSA) is 85.0 Å². The van der Waals surface area contributed by atoms with Gasteiger partial charge in [-0.25, -0.2) is 0 Å². The second kappa shape index (κ2) is 10.6. The minimum Gasteiger partial charge on any atom is -0.382 e. The Kier molecular flexibility index (Phi) is 9.02. The van der Waals surface area contributed by atoms with Crippen LogP contribution in [0.4, 0.5) is 0 Å². The largest absolute Gasteiger partial charge is 0.382 e. The molecule has 182 valence electrons. The van der Waals surface area contributed by atoms with E-state index in [1.165, 1.54) is 11.3 Å². The SMILES string of the molecule is CN([Si](C)(C)C(C)(C)C)[SH](N)(=O)c1ccc([C@@](C)(O)COCCOCc2ccccc2)s1. The first-order valence-electron chi connectivity index (χ1n) is 10.9. The summed E-state index contributed by atoms with van der Waals surface area (Å²) in [5.41, 5.74) is -0.0859. The van der Waals surface area contributed by atoms with Crippen molar-refractivity contribution in [2.45, 2.75) is 62.2 Å². The van der Waals surface area contributed by atoms with Gasteiger partial charge in [-0.05, 0) is 36.7 Å². The fraction of sp³-hybridized carbons (Fsp3) is 0.565. The number of nitrogens with two attached hydrogens (primary N) is 1. The molecule has 0 aliphatic heterocycles. The quantitative estimate of drug-likeness (QED) is 0.244. The Labute approximate surface area is 199 Å². The number of aliphatic hydroxyl groups is 1. The normalized spacial score (nSPS) is 15.7. The van der Waals surface area contributed by atoms with Crippen LogP contribution in [0.5, 0.6) is 0 Å². The van der Waals surface area contributed by atoms with Crippen molar-refractivity contribution in [2.24, 2.45) is 5.14 Å². The van der Waals surface area contributed by atoms with Crippen LogP contribution in [0.3, 0.4) is 0 Å². The van der Waals surface area contributed by atoms with Gasteiger partial charge in [0.25, 0.3) is 0 Å².